The predicted octanol–water partition coefficient (Wildman–Crippen LogP) is 3.46. The summed E-state index contributed by atoms with van der Waals surface area (Å²) < 4.78 is 28.7. The Balaban J connectivity index is 2.18. The maximum atomic E-state index is 12.5. The van der Waals surface area contributed by atoms with Crippen molar-refractivity contribution >= 4 is 21.6 Å². The van der Waals surface area contributed by atoms with E-state index in [2.05, 4.69) is 9.71 Å². The van der Waals surface area contributed by atoms with Gasteiger partial charge in [-0.05, 0) is 37.8 Å². The second-order valence-electron chi connectivity index (χ2n) is 6.24. The number of nitrogens with one attached hydrogen (secondary N) is 1. The molecule has 1 fully saturated rings. The standard InChI is InChI=1S/C18H26N2O3S/c1-2-3-14-17(18(21)19-15-10-6-4-7-11-15)20-24(22,23)16-12-8-5-9-13-16/h5,8-9,12-13,15H,2-4,6-7,10-11,14H2,1H3,(H,19,21)/b20-17+. The summed E-state index contributed by atoms with van der Waals surface area (Å²) in [5.74, 6) is -0.338. The Labute approximate surface area is 144 Å². The van der Waals surface area contributed by atoms with Crippen LogP contribution in [-0.4, -0.2) is 26.1 Å². The van der Waals surface area contributed by atoms with Gasteiger partial charge in [-0.2, -0.15) is 12.8 Å². The highest BCUT2D eigenvalue weighted by atomic mass is 32.2. The zero-order chi connectivity index (χ0) is 17.4. The first-order valence-electron chi connectivity index (χ1n) is 8.72. The number of sulfonamides is 1. The Morgan fingerprint density at radius 2 is 1.83 bits per heavy atom. The van der Waals surface area contributed by atoms with Crippen LogP contribution in [0.4, 0.5) is 0 Å². The zero-order valence-corrected chi connectivity index (χ0v) is 15.0. The molecule has 0 saturated heterocycles. The van der Waals surface area contributed by atoms with E-state index in [-0.39, 0.29) is 22.6 Å². The number of hydrogen-bond acceptors (Lipinski definition) is 3. The molecule has 1 aliphatic carbocycles. The summed E-state index contributed by atoms with van der Waals surface area (Å²) in [5.41, 5.74) is 0.117. The fourth-order valence-electron chi connectivity index (χ4n) is 2.85. The number of amides is 1. The molecule has 0 spiro atoms. The van der Waals surface area contributed by atoms with Crippen LogP contribution in [0.3, 0.4) is 0 Å². The van der Waals surface area contributed by atoms with E-state index >= 15 is 0 Å². The number of nitrogens with zero attached hydrogens (tertiary/aromatic N) is 1. The van der Waals surface area contributed by atoms with Crippen molar-refractivity contribution in [2.75, 3.05) is 0 Å². The summed E-state index contributed by atoms with van der Waals surface area (Å²) in [6.07, 6.45) is 7.31. The van der Waals surface area contributed by atoms with Crippen LogP contribution in [0.15, 0.2) is 39.6 Å². The molecule has 0 heterocycles. The molecule has 5 nitrogen and oxygen atoms in total. The molecule has 2 rings (SSSR count). The lowest BCUT2D eigenvalue weighted by molar-refractivity contribution is -0.115. The Kier molecular flexibility index (Phi) is 6.97. The molecule has 0 unspecified atom stereocenters. The molecule has 1 aromatic carbocycles. The average molecular weight is 350 g/mol. The van der Waals surface area contributed by atoms with Crippen molar-refractivity contribution in [1.82, 2.24) is 5.32 Å². The molecule has 0 aromatic heterocycles. The highest BCUT2D eigenvalue weighted by Crippen LogP contribution is 2.18. The summed E-state index contributed by atoms with van der Waals surface area (Å²) in [6.45, 7) is 2.00. The molecule has 0 aliphatic heterocycles. The van der Waals surface area contributed by atoms with Gasteiger partial charge in [0, 0.05) is 6.04 Å². The van der Waals surface area contributed by atoms with Crippen molar-refractivity contribution < 1.29 is 13.2 Å². The molecule has 0 bridgehead atoms. The van der Waals surface area contributed by atoms with Crippen LogP contribution in [0.25, 0.3) is 0 Å². The number of carbonyl (C=O) groups is 1. The summed E-state index contributed by atoms with van der Waals surface area (Å²) in [5, 5.41) is 2.97. The molecule has 132 valence electrons. The fraction of sp³-hybridized carbons (Fsp3) is 0.556. The second kappa shape index (κ2) is 8.97. The number of benzene rings is 1. The van der Waals surface area contributed by atoms with Crippen molar-refractivity contribution in [3.8, 4) is 0 Å². The molecule has 24 heavy (non-hydrogen) atoms. The van der Waals surface area contributed by atoms with Gasteiger partial charge in [0.15, 0.2) is 0 Å². The molecule has 1 amide bonds. The first kappa shape index (κ1) is 18.6. The first-order chi connectivity index (χ1) is 11.5. The summed E-state index contributed by atoms with van der Waals surface area (Å²) in [6, 6.07) is 8.17. The van der Waals surface area contributed by atoms with E-state index in [0.717, 1.165) is 38.5 Å². The minimum atomic E-state index is -3.85. The minimum Gasteiger partial charge on any atom is -0.348 e. The number of rotatable bonds is 7. The summed E-state index contributed by atoms with van der Waals surface area (Å²) in [7, 11) is -3.85. The normalized spacial score (nSPS) is 16.8. The Bertz CT molecular complexity index is 663. The molecular formula is C18H26N2O3S. The molecule has 1 aliphatic rings. The topological polar surface area (TPSA) is 75.6 Å². The van der Waals surface area contributed by atoms with Crippen LogP contribution in [0.5, 0.6) is 0 Å². The third-order valence-corrected chi connectivity index (χ3v) is 5.57. The predicted molar refractivity (Wildman–Crippen MR) is 95.6 cm³/mol. The molecule has 0 radical (unpaired) electrons. The van der Waals surface area contributed by atoms with Crippen molar-refractivity contribution in [2.45, 2.75) is 69.2 Å². The minimum absolute atomic E-state index is 0.115. The number of hydrogen-bond donors (Lipinski definition) is 1. The van der Waals surface area contributed by atoms with E-state index in [0.29, 0.717) is 6.42 Å². The van der Waals surface area contributed by atoms with E-state index in [1.165, 1.54) is 18.6 Å². The lowest BCUT2D eigenvalue weighted by atomic mass is 9.95. The lowest BCUT2D eigenvalue weighted by Gasteiger charge is -2.23. The fourth-order valence-corrected chi connectivity index (χ4v) is 3.92. The highest BCUT2D eigenvalue weighted by Gasteiger charge is 2.22. The summed E-state index contributed by atoms with van der Waals surface area (Å²) in [4.78, 5) is 12.6. The SMILES string of the molecule is CCCC/C(=N\S(=O)(=O)c1ccccc1)C(=O)NC1CCCCC1. The monoisotopic (exact) mass is 350 g/mol. The van der Waals surface area contributed by atoms with Crippen LogP contribution in [0.2, 0.25) is 0 Å². The van der Waals surface area contributed by atoms with Gasteiger partial charge < -0.3 is 5.32 Å². The third-order valence-electron chi connectivity index (χ3n) is 4.24. The van der Waals surface area contributed by atoms with Crippen LogP contribution < -0.4 is 5.32 Å². The molecular weight excluding hydrogens is 324 g/mol. The van der Waals surface area contributed by atoms with Gasteiger partial charge in [0.1, 0.15) is 5.71 Å². The maximum Gasteiger partial charge on any atom is 0.282 e. The quantitative estimate of drug-likeness (QED) is 0.765. The highest BCUT2D eigenvalue weighted by molar-refractivity contribution is 7.90. The van der Waals surface area contributed by atoms with Gasteiger partial charge in [-0.25, -0.2) is 0 Å². The largest absolute Gasteiger partial charge is 0.348 e. The Morgan fingerprint density at radius 3 is 2.46 bits per heavy atom. The lowest BCUT2D eigenvalue weighted by Crippen LogP contribution is -2.40. The maximum absolute atomic E-state index is 12.5. The van der Waals surface area contributed by atoms with E-state index in [1.807, 2.05) is 6.92 Å². The molecule has 1 saturated carbocycles. The number of carbonyl (C=O) groups excluding carboxylic acids is 1. The van der Waals surface area contributed by atoms with Gasteiger partial charge in [0.05, 0.1) is 4.90 Å². The molecule has 0 atom stereocenters. The summed E-state index contributed by atoms with van der Waals surface area (Å²) >= 11 is 0. The van der Waals surface area contributed by atoms with Crippen LogP contribution >= 0.6 is 0 Å². The van der Waals surface area contributed by atoms with Gasteiger partial charge in [-0.3, -0.25) is 4.79 Å². The smallest absolute Gasteiger partial charge is 0.282 e. The second-order valence-corrected chi connectivity index (χ2v) is 7.84. The molecule has 1 aromatic rings. The Morgan fingerprint density at radius 1 is 1.17 bits per heavy atom. The molecule has 1 N–H and O–H groups in total. The van der Waals surface area contributed by atoms with E-state index in [9.17, 15) is 13.2 Å². The van der Waals surface area contributed by atoms with Crippen molar-refractivity contribution in [1.29, 1.82) is 0 Å². The van der Waals surface area contributed by atoms with Gasteiger partial charge >= 0.3 is 0 Å². The van der Waals surface area contributed by atoms with Crippen LogP contribution in [0.1, 0.15) is 58.3 Å². The zero-order valence-electron chi connectivity index (χ0n) is 14.2. The van der Waals surface area contributed by atoms with E-state index in [4.69, 9.17) is 0 Å². The van der Waals surface area contributed by atoms with Crippen molar-refractivity contribution in [2.24, 2.45) is 4.40 Å². The molecule has 6 heteroatoms. The van der Waals surface area contributed by atoms with Crippen LogP contribution in [0, 0.1) is 0 Å². The van der Waals surface area contributed by atoms with E-state index < -0.39 is 10.0 Å². The van der Waals surface area contributed by atoms with Crippen molar-refractivity contribution in [3.05, 3.63) is 30.3 Å². The van der Waals surface area contributed by atoms with Crippen molar-refractivity contribution in [3.63, 3.8) is 0 Å². The number of unbranched alkanes of at least 4 members (excludes halogenated alkanes) is 1. The first-order valence-corrected chi connectivity index (χ1v) is 10.2. The average Bonchev–Trinajstić information content (AvgIpc) is 2.60. The van der Waals surface area contributed by atoms with E-state index in [1.54, 1.807) is 18.2 Å². The Hall–Kier alpha value is -1.69. The third kappa shape index (κ3) is 5.44. The van der Waals surface area contributed by atoms with Crippen LogP contribution in [-0.2, 0) is 14.8 Å². The van der Waals surface area contributed by atoms with Gasteiger partial charge in [0.2, 0.25) is 0 Å². The van der Waals surface area contributed by atoms with Gasteiger partial charge in [-0.15, -0.1) is 0 Å². The van der Waals surface area contributed by atoms with Gasteiger partial charge in [0.25, 0.3) is 15.9 Å². The van der Waals surface area contributed by atoms with Gasteiger partial charge in [-0.1, -0.05) is 50.8 Å².